The number of aromatic nitrogens is 3. The standard InChI is InChI=1S/C15H18N4O2/c1-11-9-18(10-12(2)21-11)15(20)14-8-16-19(17-14)13-6-4-3-5-7-13/h3-8,11-12H,9-10H2,1-2H3/t11-,12-/m1/s1. The van der Waals surface area contributed by atoms with E-state index in [0.717, 1.165) is 5.69 Å². The monoisotopic (exact) mass is 286 g/mol. The zero-order chi connectivity index (χ0) is 14.8. The molecule has 21 heavy (non-hydrogen) atoms. The maximum atomic E-state index is 12.5. The summed E-state index contributed by atoms with van der Waals surface area (Å²) in [7, 11) is 0. The van der Waals surface area contributed by atoms with E-state index in [1.807, 2.05) is 44.2 Å². The van der Waals surface area contributed by atoms with Crippen LogP contribution in [0.5, 0.6) is 0 Å². The molecule has 3 rings (SSSR count). The number of ether oxygens (including phenoxy) is 1. The van der Waals surface area contributed by atoms with Crippen molar-refractivity contribution in [3.05, 3.63) is 42.2 Å². The highest BCUT2D eigenvalue weighted by molar-refractivity contribution is 5.92. The predicted molar refractivity (Wildman–Crippen MR) is 77.3 cm³/mol. The van der Waals surface area contributed by atoms with Crippen molar-refractivity contribution >= 4 is 5.91 Å². The highest BCUT2D eigenvalue weighted by atomic mass is 16.5. The molecule has 0 saturated carbocycles. The summed E-state index contributed by atoms with van der Waals surface area (Å²) in [4.78, 5) is 15.7. The molecule has 0 aliphatic carbocycles. The van der Waals surface area contributed by atoms with Crippen LogP contribution in [0.1, 0.15) is 24.3 Å². The van der Waals surface area contributed by atoms with Gasteiger partial charge in [0, 0.05) is 13.1 Å². The lowest BCUT2D eigenvalue weighted by molar-refractivity contribution is -0.0587. The number of hydrogen-bond donors (Lipinski definition) is 0. The quantitative estimate of drug-likeness (QED) is 0.839. The Morgan fingerprint density at radius 3 is 2.52 bits per heavy atom. The molecule has 2 atom stereocenters. The number of carbonyl (C=O) groups excluding carboxylic acids is 1. The highest BCUT2D eigenvalue weighted by Gasteiger charge is 2.28. The lowest BCUT2D eigenvalue weighted by Gasteiger charge is -2.34. The molecule has 0 unspecified atom stereocenters. The van der Waals surface area contributed by atoms with Gasteiger partial charge < -0.3 is 9.64 Å². The van der Waals surface area contributed by atoms with E-state index in [1.165, 1.54) is 11.0 Å². The van der Waals surface area contributed by atoms with Crippen LogP contribution in [0.3, 0.4) is 0 Å². The van der Waals surface area contributed by atoms with Crippen LogP contribution in [0.2, 0.25) is 0 Å². The molecule has 1 saturated heterocycles. The van der Waals surface area contributed by atoms with Crippen molar-refractivity contribution in [1.29, 1.82) is 0 Å². The van der Waals surface area contributed by atoms with E-state index in [4.69, 9.17) is 4.74 Å². The van der Waals surface area contributed by atoms with Crippen molar-refractivity contribution in [1.82, 2.24) is 19.9 Å². The van der Waals surface area contributed by atoms with E-state index < -0.39 is 0 Å². The first kappa shape index (κ1) is 13.8. The molecule has 6 nitrogen and oxygen atoms in total. The molecule has 1 fully saturated rings. The van der Waals surface area contributed by atoms with Gasteiger partial charge in [-0.25, -0.2) is 0 Å². The van der Waals surface area contributed by atoms with Crippen LogP contribution in [-0.4, -0.2) is 51.1 Å². The second kappa shape index (κ2) is 5.65. The molecule has 0 N–H and O–H groups in total. The molecule has 1 aromatic heterocycles. The van der Waals surface area contributed by atoms with E-state index in [1.54, 1.807) is 4.90 Å². The number of nitrogens with zero attached hydrogens (tertiary/aromatic N) is 4. The Bertz CT molecular complexity index is 616. The largest absolute Gasteiger partial charge is 0.372 e. The molecule has 1 aliphatic rings. The average molecular weight is 286 g/mol. The minimum absolute atomic E-state index is 0.0434. The summed E-state index contributed by atoms with van der Waals surface area (Å²) in [6.07, 6.45) is 1.60. The first-order chi connectivity index (χ1) is 10.1. The minimum Gasteiger partial charge on any atom is -0.372 e. The number of morpholine rings is 1. The van der Waals surface area contributed by atoms with E-state index in [0.29, 0.717) is 18.8 Å². The SMILES string of the molecule is C[C@@H]1CN(C(=O)c2cnn(-c3ccccc3)n2)C[C@@H](C)O1. The number of rotatable bonds is 2. The van der Waals surface area contributed by atoms with Crippen molar-refractivity contribution in [3.63, 3.8) is 0 Å². The molecule has 6 heteroatoms. The molecule has 0 spiro atoms. The van der Waals surface area contributed by atoms with E-state index in [9.17, 15) is 4.79 Å². The van der Waals surface area contributed by atoms with Crippen LogP contribution >= 0.6 is 0 Å². The lowest BCUT2D eigenvalue weighted by Crippen LogP contribution is -2.48. The third-order valence-corrected chi connectivity index (χ3v) is 3.40. The van der Waals surface area contributed by atoms with Gasteiger partial charge in [0.1, 0.15) is 0 Å². The van der Waals surface area contributed by atoms with Crippen molar-refractivity contribution < 1.29 is 9.53 Å². The second-order valence-electron chi connectivity index (χ2n) is 5.32. The van der Waals surface area contributed by atoms with Gasteiger partial charge in [-0.1, -0.05) is 18.2 Å². The number of para-hydroxylation sites is 1. The summed E-state index contributed by atoms with van der Waals surface area (Å²) in [5.41, 5.74) is 1.19. The van der Waals surface area contributed by atoms with Gasteiger partial charge in [-0.3, -0.25) is 4.79 Å². The van der Waals surface area contributed by atoms with Crippen LogP contribution in [0, 0.1) is 0 Å². The van der Waals surface area contributed by atoms with Crippen molar-refractivity contribution in [2.45, 2.75) is 26.1 Å². The summed E-state index contributed by atoms with van der Waals surface area (Å²) in [6.45, 7) is 5.11. The van der Waals surface area contributed by atoms with Crippen molar-refractivity contribution in [2.75, 3.05) is 13.1 Å². The molecular weight excluding hydrogens is 268 g/mol. The Kier molecular flexibility index (Phi) is 3.70. The van der Waals surface area contributed by atoms with Crippen LogP contribution in [0.15, 0.2) is 36.5 Å². The number of hydrogen-bond acceptors (Lipinski definition) is 4. The predicted octanol–water partition coefficient (Wildman–Crippen LogP) is 1.52. The highest BCUT2D eigenvalue weighted by Crippen LogP contribution is 2.13. The van der Waals surface area contributed by atoms with Crippen LogP contribution < -0.4 is 0 Å². The lowest BCUT2D eigenvalue weighted by atomic mass is 10.2. The number of amides is 1. The van der Waals surface area contributed by atoms with Gasteiger partial charge in [0.2, 0.25) is 0 Å². The number of carbonyl (C=O) groups is 1. The average Bonchev–Trinajstić information content (AvgIpc) is 2.96. The molecule has 1 aliphatic heterocycles. The molecule has 2 aromatic rings. The molecule has 2 heterocycles. The molecule has 1 amide bonds. The Hall–Kier alpha value is -2.21. The Labute approximate surface area is 123 Å². The summed E-state index contributed by atoms with van der Waals surface area (Å²) < 4.78 is 5.64. The zero-order valence-electron chi connectivity index (χ0n) is 12.1. The summed E-state index contributed by atoms with van der Waals surface area (Å²) >= 11 is 0. The van der Waals surface area contributed by atoms with Crippen molar-refractivity contribution in [3.8, 4) is 5.69 Å². The fourth-order valence-electron chi connectivity index (χ4n) is 2.55. The minimum atomic E-state index is -0.0980. The van der Waals surface area contributed by atoms with Crippen LogP contribution in [0.25, 0.3) is 5.69 Å². The summed E-state index contributed by atoms with van der Waals surface area (Å²) in [5.74, 6) is -0.0980. The van der Waals surface area contributed by atoms with Gasteiger partial charge in [-0.05, 0) is 26.0 Å². The second-order valence-corrected chi connectivity index (χ2v) is 5.32. The molecule has 1 aromatic carbocycles. The molecule has 0 bridgehead atoms. The third kappa shape index (κ3) is 2.95. The Morgan fingerprint density at radius 1 is 1.19 bits per heavy atom. The molecular formula is C15H18N4O2. The van der Waals surface area contributed by atoms with Gasteiger partial charge >= 0.3 is 0 Å². The smallest absolute Gasteiger partial charge is 0.276 e. The number of benzene rings is 1. The Morgan fingerprint density at radius 2 is 1.86 bits per heavy atom. The third-order valence-electron chi connectivity index (χ3n) is 3.40. The van der Waals surface area contributed by atoms with Gasteiger partial charge in [0.25, 0.3) is 5.91 Å². The first-order valence-corrected chi connectivity index (χ1v) is 7.06. The molecule has 110 valence electrons. The van der Waals surface area contributed by atoms with Gasteiger partial charge in [0.05, 0.1) is 24.1 Å². The van der Waals surface area contributed by atoms with Crippen molar-refractivity contribution in [2.24, 2.45) is 0 Å². The fraction of sp³-hybridized carbons (Fsp3) is 0.400. The maximum Gasteiger partial charge on any atom is 0.276 e. The van der Waals surface area contributed by atoms with E-state index in [-0.39, 0.29) is 18.1 Å². The molecule has 0 radical (unpaired) electrons. The maximum absolute atomic E-state index is 12.5. The summed E-state index contributed by atoms with van der Waals surface area (Å²) in [6, 6.07) is 9.53. The van der Waals surface area contributed by atoms with Gasteiger partial charge in [0.15, 0.2) is 5.69 Å². The fourth-order valence-corrected chi connectivity index (χ4v) is 2.55. The van der Waals surface area contributed by atoms with Crippen LogP contribution in [-0.2, 0) is 4.74 Å². The normalized spacial score (nSPS) is 22.3. The topological polar surface area (TPSA) is 60.2 Å². The summed E-state index contributed by atoms with van der Waals surface area (Å²) in [5, 5.41) is 8.45. The van der Waals surface area contributed by atoms with E-state index >= 15 is 0 Å². The van der Waals surface area contributed by atoms with Gasteiger partial charge in [-0.2, -0.15) is 9.90 Å². The Balaban J connectivity index is 1.78. The van der Waals surface area contributed by atoms with Gasteiger partial charge in [-0.15, -0.1) is 5.10 Å². The first-order valence-electron chi connectivity index (χ1n) is 7.06. The van der Waals surface area contributed by atoms with E-state index in [2.05, 4.69) is 10.2 Å². The zero-order valence-corrected chi connectivity index (χ0v) is 12.1. The van der Waals surface area contributed by atoms with Crippen LogP contribution in [0.4, 0.5) is 0 Å².